The van der Waals surface area contributed by atoms with Gasteiger partial charge in [-0.3, -0.25) is 4.79 Å². The topological polar surface area (TPSA) is 119 Å². The molecule has 96 valence electrons. The molecular formula is C12H12N6O. The number of carbonyl (C=O) groups is 1. The Hall–Kier alpha value is -2.96. The zero-order chi connectivity index (χ0) is 13.7. The molecule has 1 aromatic carbocycles. The number of hydrogen-bond acceptors (Lipinski definition) is 6. The van der Waals surface area contributed by atoms with Crippen LogP contribution in [0.5, 0.6) is 0 Å². The number of para-hydroxylation sites is 1. The number of hydrogen-bond donors (Lipinski definition) is 3. The largest absolute Gasteiger partial charge is 0.398 e. The van der Waals surface area contributed by atoms with Crippen LogP contribution in [0.25, 0.3) is 0 Å². The van der Waals surface area contributed by atoms with Crippen LogP contribution in [0.15, 0.2) is 41.8 Å². The van der Waals surface area contributed by atoms with Gasteiger partial charge in [0.05, 0.1) is 11.8 Å². The number of nitrogen functional groups attached to an aromatic ring is 2. The van der Waals surface area contributed by atoms with Crippen molar-refractivity contribution in [3.8, 4) is 0 Å². The monoisotopic (exact) mass is 256 g/mol. The maximum absolute atomic E-state index is 11.8. The van der Waals surface area contributed by atoms with E-state index in [9.17, 15) is 4.79 Å². The standard InChI is InChI=1S/C12H12N6O/c13-10-4-2-1-3-9(10)11(19)18-17-7-8-5-15-12(14)16-6-8/h1-7H,13H2,(H,18,19)(H2,14,15,16)/b17-7+. The number of hydrazone groups is 1. The Morgan fingerprint density at radius 2 is 1.89 bits per heavy atom. The first-order chi connectivity index (χ1) is 9.16. The average molecular weight is 256 g/mol. The van der Waals surface area contributed by atoms with Crippen LogP contribution in [0.2, 0.25) is 0 Å². The summed E-state index contributed by atoms with van der Waals surface area (Å²) in [6, 6.07) is 6.74. The van der Waals surface area contributed by atoms with Crippen LogP contribution in [-0.2, 0) is 0 Å². The number of benzene rings is 1. The Bertz CT molecular complexity index is 608. The van der Waals surface area contributed by atoms with E-state index in [1.54, 1.807) is 24.3 Å². The maximum Gasteiger partial charge on any atom is 0.273 e. The average Bonchev–Trinajstić information content (AvgIpc) is 2.41. The van der Waals surface area contributed by atoms with E-state index in [4.69, 9.17) is 11.5 Å². The molecule has 0 unspecified atom stereocenters. The summed E-state index contributed by atoms with van der Waals surface area (Å²) in [4.78, 5) is 19.3. The Morgan fingerprint density at radius 3 is 2.58 bits per heavy atom. The number of carbonyl (C=O) groups excluding carboxylic acids is 1. The summed E-state index contributed by atoms with van der Waals surface area (Å²) in [5, 5.41) is 3.79. The summed E-state index contributed by atoms with van der Waals surface area (Å²) in [6.45, 7) is 0. The lowest BCUT2D eigenvalue weighted by atomic mass is 10.2. The normalized spacial score (nSPS) is 10.5. The highest BCUT2D eigenvalue weighted by atomic mass is 16.2. The van der Waals surface area contributed by atoms with Crippen LogP contribution < -0.4 is 16.9 Å². The van der Waals surface area contributed by atoms with Gasteiger partial charge in [-0.2, -0.15) is 5.10 Å². The molecule has 1 heterocycles. The Balaban J connectivity index is 2.01. The van der Waals surface area contributed by atoms with E-state index in [0.29, 0.717) is 16.8 Å². The zero-order valence-electron chi connectivity index (χ0n) is 9.95. The van der Waals surface area contributed by atoms with Crippen LogP contribution in [0.1, 0.15) is 15.9 Å². The highest BCUT2D eigenvalue weighted by molar-refractivity contribution is 5.99. The SMILES string of the molecule is Nc1ncc(/C=N/NC(=O)c2ccccc2N)cn1. The second-order valence-electron chi connectivity index (χ2n) is 3.66. The fraction of sp³-hybridized carbons (Fsp3) is 0. The van der Waals surface area contributed by atoms with Crippen LogP contribution in [0.4, 0.5) is 11.6 Å². The highest BCUT2D eigenvalue weighted by Crippen LogP contribution is 2.09. The van der Waals surface area contributed by atoms with E-state index in [1.165, 1.54) is 18.6 Å². The third-order valence-electron chi connectivity index (χ3n) is 2.28. The summed E-state index contributed by atoms with van der Waals surface area (Å²) >= 11 is 0. The molecule has 1 aromatic heterocycles. The third kappa shape index (κ3) is 3.25. The molecule has 0 radical (unpaired) electrons. The molecule has 19 heavy (non-hydrogen) atoms. The molecule has 0 aliphatic rings. The van der Waals surface area contributed by atoms with Gasteiger partial charge in [-0.15, -0.1) is 0 Å². The second kappa shape index (κ2) is 5.58. The minimum Gasteiger partial charge on any atom is -0.398 e. The molecule has 0 fully saturated rings. The molecule has 0 saturated carbocycles. The third-order valence-corrected chi connectivity index (χ3v) is 2.28. The lowest BCUT2D eigenvalue weighted by Gasteiger charge is -2.02. The van der Waals surface area contributed by atoms with Crippen molar-refractivity contribution in [2.75, 3.05) is 11.5 Å². The van der Waals surface area contributed by atoms with E-state index in [-0.39, 0.29) is 11.9 Å². The maximum atomic E-state index is 11.8. The molecule has 2 rings (SSSR count). The van der Waals surface area contributed by atoms with Gasteiger partial charge in [-0.25, -0.2) is 15.4 Å². The number of nitrogens with zero attached hydrogens (tertiary/aromatic N) is 3. The van der Waals surface area contributed by atoms with E-state index in [0.717, 1.165) is 0 Å². The Kier molecular flexibility index (Phi) is 3.67. The molecule has 1 amide bonds. The van der Waals surface area contributed by atoms with Crippen molar-refractivity contribution in [1.29, 1.82) is 0 Å². The minimum absolute atomic E-state index is 0.179. The first-order valence-electron chi connectivity index (χ1n) is 5.42. The van der Waals surface area contributed by atoms with Gasteiger partial charge >= 0.3 is 0 Å². The van der Waals surface area contributed by atoms with Crippen molar-refractivity contribution >= 4 is 23.8 Å². The molecule has 0 aliphatic carbocycles. The summed E-state index contributed by atoms with van der Waals surface area (Å²) in [6.07, 6.45) is 4.40. The van der Waals surface area contributed by atoms with E-state index >= 15 is 0 Å². The minimum atomic E-state index is -0.384. The van der Waals surface area contributed by atoms with Gasteiger partial charge in [-0.1, -0.05) is 12.1 Å². The smallest absolute Gasteiger partial charge is 0.273 e. The molecule has 0 saturated heterocycles. The number of nitrogens with two attached hydrogens (primary N) is 2. The fourth-order valence-corrected chi connectivity index (χ4v) is 1.34. The number of anilines is 2. The van der Waals surface area contributed by atoms with Gasteiger partial charge in [0.1, 0.15) is 0 Å². The molecule has 0 spiro atoms. The highest BCUT2D eigenvalue weighted by Gasteiger charge is 2.06. The first kappa shape index (κ1) is 12.5. The van der Waals surface area contributed by atoms with Crippen LogP contribution in [-0.4, -0.2) is 22.1 Å². The van der Waals surface area contributed by atoms with Crippen molar-refractivity contribution in [3.63, 3.8) is 0 Å². The lowest BCUT2D eigenvalue weighted by molar-refractivity contribution is 0.0956. The van der Waals surface area contributed by atoms with Gasteiger partial charge in [0, 0.05) is 23.6 Å². The number of amides is 1. The quantitative estimate of drug-likeness (QED) is 0.417. The summed E-state index contributed by atoms with van der Waals surface area (Å²) in [7, 11) is 0. The van der Waals surface area contributed by atoms with E-state index in [2.05, 4.69) is 20.5 Å². The molecular weight excluding hydrogens is 244 g/mol. The molecule has 0 aliphatic heterocycles. The molecule has 0 atom stereocenters. The van der Waals surface area contributed by atoms with Crippen molar-refractivity contribution in [3.05, 3.63) is 47.8 Å². The number of nitrogens with one attached hydrogen (secondary N) is 1. The molecule has 7 nitrogen and oxygen atoms in total. The second-order valence-corrected chi connectivity index (χ2v) is 3.66. The van der Waals surface area contributed by atoms with E-state index in [1.807, 2.05) is 0 Å². The Morgan fingerprint density at radius 1 is 1.21 bits per heavy atom. The zero-order valence-corrected chi connectivity index (χ0v) is 9.95. The van der Waals surface area contributed by atoms with Crippen molar-refractivity contribution < 1.29 is 4.79 Å². The van der Waals surface area contributed by atoms with Gasteiger partial charge in [0.25, 0.3) is 5.91 Å². The van der Waals surface area contributed by atoms with Gasteiger partial charge in [0.15, 0.2) is 0 Å². The molecule has 5 N–H and O–H groups in total. The summed E-state index contributed by atoms with van der Waals surface area (Å²) in [5.41, 5.74) is 14.8. The molecule has 2 aromatic rings. The van der Waals surface area contributed by atoms with Crippen LogP contribution in [0.3, 0.4) is 0 Å². The van der Waals surface area contributed by atoms with Gasteiger partial charge in [0.2, 0.25) is 5.95 Å². The predicted octanol–water partition coefficient (Wildman–Crippen LogP) is 0.405. The number of rotatable bonds is 3. The van der Waals surface area contributed by atoms with Crippen molar-refractivity contribution in [2.24, 2.45) is 5.10 Å². The summed E-state index contributed by atoms with van der Waals surface area (Å²) < 4.78 is 0. The van der Waals surface area contributed by atoms with Crippen LogP contribution >= 0.6 is 0 Å². The Labute approximate surface area is 109 Å². The molecule has 0 bridgehead atoms. The predicted molar refractivity (Wildman–Crippen MR) is 72.4 cm³/mol. The number of aromatic nitrogens is 2. The van der Waals surface area contributed by atoms with Crippen LogP contribution in [0, 0.1) is 0 Å². The van der Waals surface area contributed by atoms with E-state index < -0.39 is 0 Å². The van der Waals surface area contributed by atoms with Gasteiger partial charge < -0.3 is 11.5 Å². The van der Waals surface area contributed by atoms with Gasteiger partial charge in [-0.05, 0) is 12.1 Å². The van der Waals surface area contributed by atoms with Crippen molar-refractivity contribution in [2.45, 2.75) is 0 Å². The lowest BCUT2D eigenvalue weighted by Crippen LogP contribution is -2.19. The fourth-order valence-electron chi connectivity index (χ4n) is 1.34. The van der Waals surface area contributed by atoms with Crippen molar-refractivity contribution in [1.82, 2.24) is 15.4 Å². The molecule has 7 heteroatoms. The summed E-state index contributed by atoms with van der Waals surface area (Å²) in [5.74, 6) is -0.205. The first-order valence-corrected chi connectivity index (χ1v) is 5.42.